The number of carbonyl (C=O) groups is 3. The van der Waals surface area contributed by atoms with Crippen LogP contribution in [0.5, 0.6) is 0 Å². The van der Waals surface area contributed by atoms with Gasteiger partial charge in [0.1, 0.15) is 18.0 Å². The summed E-state index contributed by atoms with van der Waals surface area (Å²) in [5, 5.41) is 2.36. The van der Waals surface area contributed by atoms with E-state index in [1.807, 2.05) is 0 Å². The molecule has 3 N–H and O–H groups in total. The van der Waals surface area contributed by atoms with Crippen LogP contribution < -0.4 is 11.1 Å². The van der Waals surface area contributed by atoms with Crippen molar-refractivity contribution < 1.29 is 45.1 Å². The number of hydrogen-bond donors (Lipinski definition) is 2. The molecular formula is C28H30F7N5O3. The van der Waals surface area contributed by atoms with E-state index in [1.165, 1.54) is 32.9 Å². The molecule has 0 bridgehead atoms. The van der Waals surface area contributed by atoms with Gasteiger partial charge in [-0.2, -0.15) is 26.3 Å². The Morgan fingerprint density at radius 1 is 0.977 bits per heavy atom. The zero-order chi connectivity index (χ0) is 31.5. The molecule has 2 heterocycles. The predicted octanol–water partition coefficient (Wildman–Crippen LogP) is 4.47. The maximum absolute atomic E-state index is 14.5. The summed E-state index contributed by atoms with van der Waals surface area (Å²) in [4.78, 5) is 43.7. The Bertz CT molecular complexity index is 1320. The fraction of sp³-hybridized carbons (Fsp3) is 0.464. The average Bonchev–Trinajstić information content (AvgIpc) is 2.94. The van der Waals surface area contributed by atoms with E-state index in [-0.39, 0.29) is 44.1 Å². The summed E-state index contributed by atoms with van der Waals surface area (Å²) in [6, 6.07) is 5.02. The van der Waals surface area contributed by atoms with E-state index >= 15 is 0 Å². The largest absolute Gasteiger partial charge is 0.416 e. The number of piperazine rings is 1. The standard InChI is InChI=1S/C28H30F7N5O3/c29-21-6-2-1-5-18(21)15-38-16-23-39(10-8-24(41)40(23)22(25(38)42)7-3-4-9-36)26(43)37-14-17-11-19(27(30,31)32)13-20(12-17)28(33,34)35/h1-2,5-6,11-13,22-23H,3-4,7-10,14-16,36H2,(H,37,43)/t22-,23+/m0/s1. The van der Waals surface area contributed by atoms with Gasteiger partial charge < -0.3 is 25.8 Å². The first kappa shape index (κ1) is 32.0. The van der Waals surface area contributed by atoms with E-state index in [9.17, 15) is 45.1 Å². The van der Waals surface area contributed by atoms with Crippen molar-refractivity contribution in [3.63, 3.8) is 0 Å². The van der Waals surface area contributed by atoms with Crippen molar-refractivity contribution in [3.05, 3.63) is 70.5 Å². The van der Waals surface area contributed by atoms with Gasteiger partial charge in [-0.25, -0.2) is 9.18 Å². The fourth-order valence-corrected chi connectivity index (χ4v) is 5.35. The molecule has 0 unspecified atom stereocenters. The molecule has 2 fully saturated rings. The summed E-state index contributed by atoms with van der Waals surface area (Å²) < 4.78 is 94.1. The molecule has 0 aliphatic carbocycles. The Labute approximate surface area is 242 Å². The Balaban J connectivity index is 1.59. The molecule has 43 heavy (non-hydrogen) atoms. The smallest absolute Gasteiger partial charge is 0.334 e. The number of alkyl halides is 6. The van der Waals surface area contributed by atoms with Crippen molar-refractivity contribution in [1.29, 1.82) is 0 Å². The van der Waals surface area contributed by atoms with Crippen LogP contribution in [-0.2, 0) is 35.0 Å². The Hall–Kier alpha value is -3.88. The Morgan fingerprint density at radius 2 is 1.63 bits per heavy atom. The highest BCUT2D eigenvalue weighted by Crippen LogP contribution is 2.36. The first-order valence-corrected chi connectivity index (χ1v) is 13.6. The summed E-state index contributed by atoms with van der Waals surface area (Å²) in [6.45, 7) is -0.754. The zero-order valence-electron chi connectivity index (χ0n) is 22.8. The lowest BCUT2D eigenvalue weighted by atomic mass is 9.98. The topological polar surface area (TPSA) is 99.0 Å². The predicted molar refractivity (Wildman–Crippen MR) is 139 cm³/mol. The first-order valence-electron chi connectivity index (χ1n) is 13.6. The SMILES string of the molecule is NCCCC[C@H]1C(=O)N(Cc2ccccc2F)C[C@@H]2N(C(=O)NCc3cc(C(F)(F)F)cc(C(F)(F)F)c3)CCC(=O)N21. The number of unbranched alkanes of at least 4 members (excludes halogenated alkanes) is 1. The van der Waals surface area contributed by atoms with Crippen LogP contribution in [0.4, 0.5) is 35.5 Å². The fourth-order valence-electron chi connectivity index (χ4n) is 5.35. The van der Waals surface area contributed by atoms with Crippen molar-refractivity contribution in [1.82, 2.24) is 20.0 Å². The molecule has 2 atom stereocenters. The summed E-state index contributed by atoms with van der Waals surface area (Å²) in [6.07, 6.45) is -9.98. The lowest BCUT2D eigenvalue weighted by Crippen LogP contribution is -2.71. The third kappa shape index (κ3) is 7.37. The molecule has 2 aromatic rings. The monoisotopic (exact) mass is 617 g/mol. The van der Waals surface area contributed by atoms with Crippen molar-refractivity contribution in [3.8, 4) is 0 Å². The molecule has 0 radical (unpaired) electrons. The number of nitrogens with one attached hydrogen (secondary N) is 1. The molecule has 0 saturated carbocycles. The highest BCUT2D eigenvalue weighted by atomic mass is 19.4. The highest BCUT2D eigenvalue weighted by Gasteiger charge is 2.48. The lowest BCUT2D eigenvalue weighted by Gasteiger charge is -2.52. The molecule has 2 saturated heterocycles. The van der Waals surface area contributed by atoms with E-state index in [1.54, 1.807) is 6.07 Å². The number of benzene rings is 2. The quantitative estimate of drug-likeness (QED) is 0.338. The van der Waals surface area contributed by atoms with Crippen LogP contribution >= 0.6 is 0 Å². The second kappa shape index (κ2) is 12.8. The summed E-state index contributed by atoms with van der Waals surface area (Å²) in [5.74, 6) is -1.37. The molecule has 0 spiro atoms. The highest BCUT2D eigenvalue weighted by molar-refractivity contribution is 5.91. The maximum Gasteiger partial charge on any atom is 0.416 e. The summed E-state index contributed by atoms with van der Waals surface area (Å²) in [7, 11) is 0. The molecule has 8 nitrogen and oxygen atoms in total. The zero-order valence-corrected chi connectivity index (χ0v) is 22.8. The second-order valence-corrected chi connectivity index (χ2v) is 10.4. The van der Waals surface area contributed by atoms with Gasteiger partial charge in [0.05, 0.1) is 17.7 Å². The number of carbonyl (C=O) groups excluding carboxylic acids is 3. The van der Waals surface area contributed by atoms with Gasteiger partial charge in [-0.3, -0.25) is 9.59 Å². The van der Waals surface area contributed by atoms with E-state index in [4.69, 9.17) is 5.73 Å². The minimum absolute atomic E-state index is 0.00650. The maximum atomic E-state index is 14.5. The minimum Gasteiger partial charge on any atom is -0.334 e. The van der Waals surface area contributed by atoms with Gasteiger partial charge in [-0.15, -0.1) is 0 Å². The third-order valence-electron chi connectivity index (χ3n) is 7.45. The van der Waals surface area contributed by atoms with Crippen LogP contribution in [0, 0.1) is 5.82 Å². The Kier molecular flexibility index (Phi) is 9.52. The molecule has 2 aliphatic heterocycles. The number of urea groups is 1. The number of nitrogens with zero attached hydrogens (tertiary/aromatic N) is 3. The average molecular weight is 618 g/mol. The molecule has 2 aromatic carbocycles. The Morgan fingerprint density at radius 3 is 2.23 bits per heavy atom. The minimum atomic E-state index is -5.05. The lowest BCUT2D eigenvalue weighted by molar-refractivity contribution is -0.167. The van der Waals surface area contributed by atoms with Crippen molar-refractivity contribution in [2.75, 3.05) is 19.6 Å². The molecule has 2 aliphatic rings. The number of fused-ring (bicyclic) bond motifs is 1. The van der Waals surface area contributed by atoms with Gasteiger partial charge in [0.2, 0.25) is 11.8 Å². The van der Waals surface area contributed by atoms with Crippen LogP contribution in [-0.4, -0.2) is 64.4 Å². The van der Waals surface area contributed by atoms with Crippen LogP contribution in [0.2, 0.25) is 0 Å². The van der Waals surface area contributed by atoms with Gasteiger partial charge >= 0.3 is 18.4 Å². The van der Waals surface area contributed by atoms with E-state index in [0.29, 0.717) is 31.5 Å². The summed E-state index contributed by atoms with van der Waals surface area (Å²) in [5.41, 5.74) is 2.34. The van der Waals surface area contributed by atoms with E-state index < -0.39 is 71.5 Å². The third-order valence-corrected chi connectivity index (χ3v) is 7.45. The van der Waals surface area contributed by atoms with Crippen LogP contribution in [0.3, 0.4) is 0 Å². The number of hydrogen-bond acceptors (Lipinski definition) is 4. The molecule has 4 amide bonds. The normalized spacial score (nSPS) is 19.5. The van der Waals surface area contributed by atoms with Crippen LogP contribution in [0.1, 0.15) is 47.9 Å². The first-order chi connectivity index (χ1) is 20.2. The number of rotatable bonds is 8. The number of nitrogens with two attached hydrogens (primary N) is 1. The van der Waals surface area contributed by atoms with Gasteiger partial charge in [-0.05, 0) is 55.6 Å². The van der Waals surface area contributed by atoms with E-state index in [2.05, 4.69) is 5.32 Å². The van der Waals surface area contributed by atoms with Crippen LogP contribution in [0.25, 0.3) is 0 Å². The van der Waals surface area contributed by atoms with Gasteiger partial charge in [-0.1, -0.05) is 18.2 Å². The molecule has 234 valence electrons. The number of amides is 4. The van der Waals surface area contributed by atoms with Crippen molar-refractivity contribution in [2.45, 2.75) is 63.3 Å². The number of halogens is 7. The molecule has 0 aromatic heterocycles. The molecule has 4 rings (SSSR count). The van der Waals surface area contributed by atoms with Crippen molar-refractivity contribution in [2.24, 2.45) is 5.73 Å². The van der Waals surface area contributed by atoms with Gasteiger partial charge in [0, 0.05) is 31.6 Å². The van der Waals surface area contributed by atoms with Gasteiger partial charge in [0.25, 0.3) is 0 Å². The van der Waals surface area contributed by atoms with Gasteiger partial charge in [0.15, 0.2) is 0 Å². The second-order valence-electron chi connectivity index (χ2n) is 10.4. The molecule has 15 heteroatoms. The molecular weight excluding hydrogens is 587 g/mol. The van der Waals surface area contributed by atoms with Crippen molar-refractivity contribution >= 4 is 17.8 Å². The van der Waals surface area contributed by atoms with E-state index in [0.717, 1.165) is 0 Å². The van der Waals surface area contributed by atoms with Crippen LogP contribution in [0.15, 0.2) is 42.5 Å². The summed E-state index contributed by atoms with van der Waals surface area (Å²) >= 11 is 0.